The monoisotopic (exact) mass is 495 g/mol. The summed E-state index contributed by atoms with van der Waals surface area (Å²) >= 11 is 0. The van der Waals surface area contributed by atoms with Crippen molar-refractivity contribution in [2.45, 2.75) is 19.1 Å². The maximum absolute atomic E-state index is 14.1. The molecule has 36 heavy (non-hydrogen) atoms. The molecule has 0 aliphatic carbocycles. The fraction of sp³-hybridized carbons (Fsp3) is 0.120. The molecule has 3 aromatic heterocycles. The average molecular weight is 495 g/mol. The van der Waals surface area contributed by atoms with Gasteiger partial charge in [0.05, 0.1) is 28.2 Å². The predicted molar refractivity (Wildman–Crippen MR) is 127 cm³/mol. The molecule has 1 unspecified atom stereocenters. The molecular formula is C25H17F4N5O2. The summed E-state index contributed by atoms with van der Waals surface area (Å²) in [6.45, 7) is 1.64. The molecule has 0 saturated carbocycles. The quantitative estimate of drug-likeness (QED) is 0.344. The van der Waals surface area contributed by atoms with E-state index in [-0.39, 0.29) is 22.6 Å². The fourth-order valence-electron chi connectivity index (χ4n) is 4.19. The third kappa shape index (κ3) is 4.08. The zero-order valence-corrected chi connectivity index (χ0v) is 18.6. The van der Waals surface area contributed by atoms with Gasteiger partial charge in [0, 0.05) is 11.9 Å². The third-order valence-electron chi connectivity index (χ3n) is 5.73. The molecule has 0 amide bonds. The number of rotatable bonds is 4. The molecule has 0 radical (unpaired) electrons. The normalized spacial score (nSPS) is 12.7. The van der Waals surface area contributed by atoms with Crippen molar-refractivity contribution < 1.29 is 17.6 Å². The van der Waals surface area contributed by atoms with E-state index in [1.54, 1.807) is 19.1 Å². The van der Waals surface area contributed by atoms with E-state index in [4.69, 9.17) is 0 Å². The number of hydrogen-bond acceptors (Lipinski definition) is 5. The number of nitrogens with one attached hydrogen (secondary N) is 2. The number of benzene rings is 2. The van der Waals surface area contributed by atoms with Gasteiger partial charge >= 0.3 is 11.9 Å². The molecule has 0 aliphatic rings. The highest BCUT2D eigenvalue weighted by Gasteiger charge is 2.34. The summed E-state index contributed by atoms with van der Waals surface area (Å²) in [7, 11) is 0. The van der Waals surface area contributed by atoms with E-state index in [2.05, 4.69) is 20.3 Å². The molecule has 0 bridgehead atoms. The highest BCUT2D eigenvalue weighted by molar-refractivity contribution is 5.87. The Labute approximate surface area is 200 Å². The molecule has 2 N–H and O–H groups in total. The lowest BCUT2D eigenvalue weighted by atomic mass is 10.0. The SMILES string of the molecule is CC(Nc1nc(=O)[nH]c2cccnc12)c1cc2cccc(C(F)(F)F)c2c(=O)n1-c1cccc(F)c1. The van der Waals surface area contributed by atoms with E-state index in [0.29, 0.717) is 11.0 Å². The minimum atomic E-state index is -4.77. The second kappa shape index (κ2) is 8.59. The number of aromatic nitrogens is 4. The van der Waals surface area contributed by atoms with E-state index in [9.17, 15) is 27.2 Å². The first-order valence-electron chi connectivity index (χ1n) is 10.8. The number of pyridine rings is 2. The van der Waals surface area contributed by atoms with Crippen LogP contribution in [0.15, 0.2) is 76.4 Å². The van der Waals surface area contributed by atoms with Gasteiger partial charge in [0.15, 0.2) is 5.82 Å². The van der Waals surface area contributed by atoms with Gasteiger partial charge in [-0.25, -0.2) is 9.18 Å². The van der Waals surface area contributed by atoms with Crippen LogP contribution in [0.5, 0.6) is 0 Å². The van der Waals surface area contributed by atoms with Crippen molar-refractivity contribution in [2.75, 3.05) is 5.32 Å². The predicted octanol–water partition coefficient (Wildman–Crippen LogP) is 4.95. The summed E-state index contributed by atoms with van der Waals surface area (Å²) < 4.78 is 56.4. The topological polar surface area (TPSA) is 92.7 Å². The Hall–Kier alpha value is -4.54. The Balaban J connectivity index is 1.76. The van der Waals surface area contributed by atoms with Gasteiger partial charge in [-0.2, -0.15) is 18.2 Å². The number of hydrogen-bond donors (Lipinski definition) is 2. The van der Waals surface area contributed by atoms with Crippen molar-refractivity contribution in [3.63, 3.8) is 0 Å². The molecule has 0 spiro atoms. The van der Waals surface area contributed by atoms with Gasteiger partial charge in [0.1, 0.15) is 11.3 Å². The summed E-state index contributed by atoms with van der Waals surface area (Å²) in [4.78, 5) is 36.4. The van der Waals surface area contributed by atoms with Crippen LogP contribution >= 0.6 is 0 Å². The number of nitrogens with zero attached hydrogens (tertiary/aromatic N) is 3. The number of aromatic amines is 1. The minimum absolute atomic E-state index is 0.0457. The lowest BCUT2D eigenvalue weighted by Crippen LogP contribution is -2.27. The molecule has 2 aromatic carbocycles. The number of anilines is 1. The second-order valence-corrected chi connectivity index (χ2v) is 8.11. The lowest BCUT2D eigenvalue weighted by molar-refractivity contribution is -0.136. The van der Waals surface area contributed by atoms with Crippen molar-refractivity contribution >= 4 is 27.6 Å². The molecule has 182 valence electrons. The van der Waals surface area contributed by atoms with Crippen LogP contribution in [0.1, 0.15) is 24.2 Å². The van der Waals surface area contributed by atoms with Crippen LogP contribution in [0.4, 0.5) is 23.4 Å². The van der Waals surface area contributed by atoms with Crippen molar-refractivity contribution in [2.24, 2.45) is 0 Å². The molecular weight excluding hydrogens is 478 g/mol. The van der Waals surface area contributed by atoms with Crippen LogP contribution < -0.4 is 16.6 Å². The first kappa shape index (κ1) is 23.2. The first-order chi connectivity index (χ1) is 17.1. The highest BCUT2D eigenvalue weighted by atomic mass is 19.4. The van der Waals surface area contributed by atoms with Crippen molar-refractivity contribution in [1.29, 1.82) is 0 Å². The number of H-pyrrole nitrogens is 1. The van der Waals surface area contributed by atoms with Crippen LogP contribution in [-0.2, 0) is 6.18 Å². The van der Waals surface area contributed by atoms with Gasteiger partial charge in [-0.1, -0.05) is 18.2 Å². The van der Waals surface area contributed by atoms with Crippen LogP contribution in [0.3, 0.4) is 0 Å². The molecule has 0 saturated heterocycles. The van der Waals surface area contributed by atoms with Crippen LogP contribution in [0.25, 0.3) is 27.5 Å². The zero-order valence-electron chi connectivity index (χ0n) is 18.6. The Morgan fingerprint density at radius 2 is 1.81 bits per heavy atom. The zero-order chi connectivity index (χ0) is 25.6. The van der Waals surface area contributed by atoms with Crippen LogP contribution in [0.2, 0.25) is 0 Å². The lowest BCUT2D eigenvalue weighted by Gasteiger charge is -2.22. The number of halogens is 4. The van der Waals surface area contributed by atoms with Gasteiger partial charge in [0.25, 0.3) is 5.56 Å². The van der Waals surface area contributed by atoms with Crippen molar-refractivity contribution in [3.8, 4) is 5.69 Å². The summed E-state index contributed by atoms with van der Waals surface area (Å²) in [5.41, 5.74) is -1.65. The van der Waals surface area contributed by atoms with Crippen molar-refractivity contribution in [3.05, 3.63) is 105 Å². The molecule has 3 heterocycles. The number of alkyl halides is 3. The standard InChI is InChI=1S/C25H17F4N5O2/c1-13(31-22-21-18(9-4-10-30-21)32-24(36)33-22)19-11-14-5-2-8-17(25(27,28)29)20(14)23(35)34(19)16-7-3-6-15(26)12-16/h2-13H,1H3,(H2,31,32,33,36). The Bertz CT molecular complexity index is 1740. The van der Waals surface area contributed by atoms with E-state index in [1.807, 2.05) is 0 Å². The summed E-state index contributed by atoms with van der Waals surface area (Å²) in [6.07, 6.45) is -3.26. The molecule has 5 aromatic rings. The third-order valence-corrected chi connectivity index (χ3v) is 5.73. The van der Waals surface area contributed by atoms with Gasteiger partial charge in [0.2, 0.25) is 0 Å². The van der Waals surface area contributed by atoms with Crippen molar-refractivity contribution in [1.82, 2.24) is 19.5 Å². The Morgan fingerprint density at radius 3 is 2.56 bits per heavy atom. The molecule has 1 atom stereocenters. The van der Waals surface area contributed by atoms with Crippen LogP contribution in [-0.4, -0.2) is 19.5 Å². The molecule has 0 aliphatic heterocycles. The Kier molecular flexibility index (Phi) is 5.54. The fourth-order valence-corrected chi connectivity index (χ4v) is 4.19. The second-order valence-electron chi connectivity index (χ2n) is 8.11. The first-order valence-corrected chi connectivity index (χ1v) is 10.8. The van der Waals surface area contributed by atoms with Gasteiger partial charge < -0.3 is 10.3 Å². The largest absolute Gasteiger partial charge is 0.417 e. The van der Waals surface area contributed by atoms with E-state index >= 15 is 0 Å². The molecule has 11 heteroatoms. The number of fused-ring (bicyclic) bond motifs is 2. The average Bonchev–Trinajstić information content (AvgIpc) is 2.82. The van der Waals surface area contributed by atoms with E-state index < -0.39 is 40.2 Å². The molecule has 7 nitrogen and oxygen atoms in total. The maximum atomic E-state index is 14.1. The van der Waals surface area contributed by atoms with E-state index in [0.717, 1.165) is 22.8 Å². The minimum Gasteiger partial charge on any atom is -0.360 e. The highest BCUT2D eigenvalue weighted by Crippen LogP contribution is 2.35. The van der Waals surface area contributed by atoms with Crippen LogP contribution in [0, 0.1) is 5.82 Å². The molecule has 0 fully saturated rings. The van der Waals surface area contributed by atoms with Gasteiger partial charge in [-0.3, -0.25) is 14.3 Å². The summed E-state index contributed by atoms with van der Waals surface area (Å²) in [5, 5.41) is 2.56. The van der Waals surface area contributed by atoms with Gasteiger partial charge in [-0.15, -0.1) is 0 Å². The van der Waals surface area contributed by atoms with E-state index in [1.165, 1.54) is 36.5 Å². The molecule has 5 rings (SSSR count). The Morgan fingerprint density at radius 1 is 1.03 bits per heavy atom. The summed E-state index contributed by atoms with van der Waals surface area (Å²) in [6, 6.07) is 12.4. The maximum Gasteiger partial charge on any atom is 0.417 e. The smallest absolute Gasteiger partial charge is 0.360 e. The van der Waals surface area contributed by atoms with Gasteiger partial charge in [-0.05, 0) is 54.8 Å². The summed E-state index contributed by atoms with van der Waals surface area (Å²) in [5.74, 6) is -0.550.